The maximum Gasteiger partial charge on any atom is 0.00468 e. The molecule has 1 heteroatoms. The number of rotatable bonds is 6. The molecule has 1 N–H and O–H groups in total. The van der Waals surface area contributed by atoms with Crippen LogP contribution >= 0.6 is 0 Å². The number of likely N-dealkylation sites (N-methyl/N-ethyl adjacent to an activating group) is 1. The van der Waals surface area contributed by atoms with Crippen molar-refractivity contribution in [3.05, 3.63) is 35.4 Å². The van der Waals surface area contributed by atoms with Gasteiger partial charge in [0.2, 0.25) is 0 Å². The van der Waals surface area contributed by atoms with Crippen molar-refractivity contribution >= 4 is 0 Å². The SMILES string of the molecule is CCC(C)(CNC)c1ccc(CC(C)C)cc1. The van der Waals surface area contributed by atoms with E-state index in [9.17, 15) is 0 Å². The molecule has 0 saturated heterocycles. The second-order valence-electron chi connectivity index (χ2n) is 5.74. The summed E-state index contributed by atoms with van der Waals surface area (Å²) in [6, 6.07) is 9.19. The van der Waals surface area contributed by atoms with E-state index in [-0.39, 0.29) is 5.41 Å². The van der Waals surface area contributed by atoms with Gasteiger partial charge in [-0.05, 0) is 36.9 Å². The van der Waals surface area contributed by atoms with E-state index in [0.29, 0.717) is 0 Å². The van der Waals surface area contributed by atoms with Gasteiger partial charge in [0.1, 0.15) is 0 Å². The topological polar surface area (TPSA) is 12.0 Å². The molecule has 96 valence electrons. The molecule has 1 atom stereocenters. The average Bonchev–Trinajstić information content (AvgIpc) is 2.29. The largest absolute Gasteiger partial charge is 0.319 e. The summed E-state index contributed by atoms with van der Waals surface area (Å²) in [5.74, 6) is 0.732. The van der Waals surface area contributed by atoms with Crippen LogP contribution in [0.15, 0.2) is 24.3 Å². The first-order valence-corrected chi connectivity index (χ1v) is 6.76. The molecule has 17 heavy (non-hydrogen) atoms. The van der Waals surface area contributed by atoms with Gasteiger partial charge >= 0.3 is 0 Å². The molecule has 1 rings (SSSR count). The second kappa shape index (κ2) is 6.20. The van der Waals surface area contributed by atoms with E-state index in [1.54, 1.807) is 0 Å². The van der Waals surface area contributed by atoms with Crippen molar-refractivity contribution < 1.29 is 0 Å². The first kappa shape index (κ1) is 14.2. The third-order valence-corrected chi connectivity index (χ3v) is 3.64. The highest BCUT2D eigenvalue weighted by Crippen LogP contribution is 2.27. The molecule has 1 nitrogen and oxygen atoms in total. The number of nitrogens with one attached hydrogen (secondary N) is 1. The minimum Gasteiger partial charge on any atom is -0.319 e. The number of benzene rings is 1. The molecule has 0 amide bonds. The van der Waals surface area contributed by atoms with Gasteiger partial charge in [-0.15, -0.1) is 0 Å². The Bertz CT molecular complexity index is 326. The highest BCUT2D eigenvalue weighted by Gasteiger charge is 2.23. The van der Waals surface area contributed by atoms with E-state index >= 15 is 0 Å². The van der Waals surface area contributed by atoms with Crippen LogP contribution in [0.2, 0.25) is 0 Å². The quantitative estimate of drug-likeness (QED) is 0.788. The predicted molar refractivity (Wildman–Crippen MR) is 76.6 cm³/mol. The third-order valence-electron chi connectivity index (χ3n) is 3.64. The van der Waals surface area contributed by atoms with Crippen molar-refractivity contribution in [3.8, 4) is 0 Å². The van der Waals surface area contributed by atoms with Crippen molar-refractivity contribution in [2.45, 2.75) is 46.0 Å². The summed E-state index contributed by atoms with van der Waals surface area (Å²) >= 11 is 0. The van der Waals surface area contributed by atoms with Gasteiger partial charge in [-0.25, -0.2) is 0 Å². The summed E-state index contributed by atoms with van der Waals surface area (Å²) in [4.78, 5) is 0. The van der Waals surface area contributed by atoms with E-state index in [1.165, 1.54) is 17.5 Å². The van der Waals surface area contributed by atoms with Crippen LogP contribution in [0.25, 0.3) is 0 Å². The fourth-order valence-electron chi connectivity index (χ4n) is 2.34. The van der Waals surface area contributed by atoms with E-state index in [4.69, 9.17) is 0 Å². The summed E-state index contributed by atoms with van der Waals surface area (Å²) in [5.41, 5.74) is 3.15. The van der Waals surface area contributed by atoms with Crippen molar-refractivity contribution in [2.24, 2.45) is 5.92 Å². The fourth-order valence-corrected chi connectivity index (χ4v) is 2.34. The Kier molecular flexibility index (Phi) is 5.20. The maximum atomic E-state index is 3.30. The molecule has 0 aliphatic carbocycles. The summed E-state index contributed by atoms with van der Waals surface area (Å²) < 4.78 is 0. The van der Waals surface area contributed by atoms with Crippen molar-refractivity contribution in [1.29, 1.82) is 0 Å². The van der Waals surface area contributed by atoms with Crippen LogP contribution in [0.5, 0.6) is 0 Å². The minimum atomic E-state index is 0.255. The van der Waals surface area contributed by atoms with Crippen molar-refractivity contribution in [2.75, 3.05) is 13.6 Å². The molecule has 0 aliphatic rings. The van der Waals surface area contributed by atoms with Gasteiger partial charge in [-0.3, -0.25) is 0 Å². The second-order valence-corrected chi connectivity index (χ2v) is 5.74. The van der Waals surface area contributed by atoms with Gasteiger partial charge < -0.3 is 5.32 Å². The van der Waals surface area contributed by atoms with Gasteiger partial charge in [0.15, 0.2) is 0 Å². The summed E-state index contributed by atoms with van der Waals surface area (Å²) in [6.45, 7) is 10.2. The Labute approximate surface area is 107 Å². The first-order chi connectivity index (χ1) is 8.01. The molecule has 0 bridgehead atoms. The summed E-state index contributed by atoms with van der Waals surface area (Å²) in [6.07, 6.45) is 2.34. The van der Waals surface area contributed by atoms with E-state index in [2.05, 4.69) is 57.3 Å². The monoisotopic (exact) mass is 233 g/mol. The molecule has 1 aromatic carbocycles. The van der Waals surface area contributed by atoms with Crippen LogP contribution in [-0.4, -0.2) is 13.6 Å². The number of hydrogen-bond acceptors (Lipinski definition) is 1. The van der Waals surface area contributed by atoms with Crippen LogP contribution in [0.4, 0.5) is 0 Å². The Morgan fingerprint density at radius 3 is 2.18 bits per heavy atom. The predicted octanol–water partition coefficient (Wildman–Crippen LogP) is 3.77. The molecular weight excluding hydrogens is 206 g/mol. The Balaban J connectivity index is 2.85. The van der Waals surface area contributed by atoms with Crippen molar-refractivity contribution in [3.63, 3.8) is 0 Å². The van der Waals surface area contributed by atoms with E-state index in [1.807, 2.05) is 7.05 Å². The van der Waals surface area contributed by atoms with Gasteiger partial charge in [-0.1, -0.05) is 52.0 Å². The zero-order valence-corrected chi connectivity index (χ0v) is 12.0. The molecule has 0 saturated carbocycles. The lowest BCUT2D eigenvalue weighted by Gasteiger charge is -2.29. The van der Waals surface area contributed by atoms with Crippen molar-refractivity contribution in [1.82, 2.24) is 5.32 Å². The van der Waals surface area contributed by atoms with E-state index in [0.717, 1.165) is 18.9 Å². The first-order valence-electron chi connectivity index (χ1n) is 6.76. The van der Waals surface area contributed by atoms with Gasteiger partial charge in [0.05, 0.1) is 0 Å². The Hall–Kier alpha value is -0.820. The summed E-state index contributed by atoms with van der Waals surface area (Å²) in [5, 5.41) is 3.30. The average molecular weight is 233 g/mol. The molecule has 0 spiro atoms. The zero-order chi connectivity index (χ0) is 12.9. The molecule has 1 aromatic rings. The molecular formula is C16H27N. The molecule has 0 radical (unpaired) electrons. The minimum absolute atomic E-state index is 0.255. The highest BCUT2D eigenvalue weighted by atomic mass is 14.8. The van der Waals surface area contributed by atoms with Crippen LogP contribution < -0.4 is 5.32 Å². The lowest BCUT2D eigenvalue weighted by atomic mass is 9.79. The third kappa shape index (κ3) is 3.85. The molecule has 0 heterocycles. The van der Waals surface area contributed by atoms with Gasteiger partial charge in [0, 0.05) is 12.0 Å². The molecule has 0 fully saturated rings. The fraction of sp³-hybridized carbons (Fsp3) is 0.625. The lowest BCUT2D eigenvalue weighted by Crippen LogP contribution is -2.33. The Morgan fingerprint density at radius 1 is 1.18 bits per heavy atom. The standard InChI is InChI=1S/C16H27N/c1-6-16(4,12-17-5)15-9-7-14(8-10-15)11-13(2)3/h7-10,13,17H,6,11-12H2,1-5H3. The zero-order valence-electron chi connectivity index (χ0n) is 12.0. The number of hydrogen-bond donors (Lipinski definition) is 1. The van der Waals surface area contributed by atoms with Crippen LogP contribution in [0.3, 0.4) is 0 Å². The summed E-state index contributed by atoms with van der Waals surface area (Å²) in [7, 11) is 2.03. The normalized spacial score (nSPS) is 14.9. The molecule has 1 unspecified atom stereocenters. The van der Waals surface area contributed by atoms with Crippen LogP contribution in [-0.2, 0) is 11.8 Å². The highest BCUT2D eigenvalue weighted by molar-refractivity contribution is 5.29. The van der Waals surface area contributed by atoms with Gasteiger partial charge in [-0.2, -0.15) is 0 Å². The lowest BCUT2D eigenvalue weighted by molar-refractivity contribution is 0.433. The maximum absolute atomic E-state index is 3.30. The van der Waals surface area contributed by atoms with Crippen LogP contribution in [0.1, 0.15) is 45.2 Å². The molecule has 0 aliphatic heterocycles. The van der Waals surface area contributed by atoms with E-state index < -0.39 is 0 Å². The molecule has 0 aromatic heterocycles. The Morgan fingerprint density at radius 2 is 1.76 bits per heavy atom. The van der Waals surface area contributed by atoms with Gasteiger partial charge in [0.25, 0.3) is 0 Å². The van der Waals surface area contributed by atoms with Crippen LogP contribution in [0, 0.1) is 5.92 Å². The smallest absolute Gasteiger partial charge is 0.00468 e.